The third-order valence-corrected chi connectivity index (χ3v) is 14.1. The molecule has 0 unspecified atom stereocenters. The first-order valence-corrected chi connectivity index (χ1v) is 30.3. The predicted molar refractivity (Wildman–Crippen MR) is 345 cm³/mol. The Balaban J connectivity index is 1.40. The van der Waals surface area contributed by atoms with Gasteiger partial charge in [0.15, 0.2) is 5.96 Å². The van der Waals surface area contributed by atoms with E-state index in [2.05, 4.69) is 47.5 Å². The van der Waals surface area contributed by atoms with E-state index >= 15 is 0 Å². The van der Waals surface area contributed by atoms with Crippen molar-refractivity contribution in [2.24, 2.45) is 22.4 Å². The van der Waals surface area contributed by atoms with Gasteiger partial charge in [-0.15, -0.1) is 0 Å². The maximum absolute atomic E-state index is 14.9. The van der Waals surface area contributed by atoms with Crippen molar-refractivity contribution in [1.82, 2.24) is 42.5 Å². The van der Waals surface area contributed by atoms with Crippen LogP contribution >= 0.6 is 0 Å². The third-order valence-electron chi connectivity index (χ3n) is 14.1. The van der Waals surface area contributed by atoms with Crippen molar-refractivity contribution in [2.75, 3.05) is 13.1 Å². The molecular formula is C68H89N11O12. The molecule has 7 atom stereocenters. The molecule has 0 bridgehead atoms. The van der Waals surface area contributed by atoms with Crippen LogP contribution in [0.4, 0.5) is 4.79 Å². The summed E-state index contributed by atoms with van der Waals surface area (Å²) in [5.74, 6) is -7.50. The van der Waals surface area contributed by atoms with Gasteiger partial charge in [-0.2, -0.15) is 0 Å². The van der Waals surface area contributed by atoms with Crippen molar-refractivity contribution in [3.8, 4) is 0 Å². The van der Waals surface area contributed by atoms with Gasteiger partial charge in [-0.1, -0.05) is 166 Å². The topological polar surface area (TPSA) is 353 Å². The Hall–Kier alpha value is -9.64. The number of carbonyl (C=O) groups excluding carboxylic acids is 8. The highest BCUT2D eigenvalue weighted by atomic mass is 16.6. The number of nitrogens with one attached hydrogen (secondary N) is 8. The van der Waals surface area contributed by atoms with Gasteiger partial charge in [0.2, 0.25) is 41.4 Å². The summed E-state index contributed by atoms with van der Waals surface area (Å²) in [6, 6.07) is 36.5. The van der Waals surface area contributed by atoms with Crippen LogP contribution in [0.1, 0.15) is 116 Å². The van der Waals surface area contributed by atoms with Gasteiger partial charge in [0.05, 0.1) is 24.7 Å². The van der Waals surface area contributed by atoms with Crippen molar-refractivity contribution in [3.63, 3.8) is 0 Å². The zero-order valence-corrected chi connectivity index (χ0v) is 53.2. The van der Waals surface area contributed by atoms with E-state index in [9.17, 15) is 48.3 Å². The minimum atomic E-state index is -1.68. The minimum Gasteiger partial charge on any atom is -0.480 e. The number of carboxylic acid groups (broad SMARTS) is 1. The van der Waals surface area contributed by atoms with Gasteiger partial charge < -0.3 is 68.6 Å². The van der Waals surface area contributed by atoms with Gasteiger partial charge >= 0.3 is 12.1 Å². The number of nitrogens with two attached hydrogens (primary N) is 2. The summed E-state index contributed by atoms with van der Waals surface area (Å²) in [6.07, 6.45) is -2.75. The molecule has 0 saturated heterocycles. The first-order valence-electron chi connectivity index (χ1n) is 30.3. The van der Waals surface area contributed by atoms with Crippen LogP contribution in [0.25, 0.3) is 0 Å². The van der Waals surface area contributed by atoms with Gasteiger partial charge in [0, 0.05) is 19.4 Å². The van der Waals surface area contributed by atoms with Crippen LogP contribution in [-0.4, -0.2) is 131 Å². The van der Waals surface area contributed by atoms with Crippen LogP contribution in [0.5, 0.6) is 0 Å². The SMILES string of the molecule is CC(C)C[C@H](NC(=O)CNC(=O)[C@H](Cc1ccccc1)NC(=O)[C@@H](NC(=O)[C@H](CC(=O)NC(c1ccccc1)(c1ccccc1)c1ccccc1)NC(=O)OC(C)(C)C)[C@@H](C)OC(C)(C)C)C(=O)N[C@@H](CCCN=C(N)N)C(=O)N[C@@H](Cc1ccccc1)C(=O)O. The molecule has 91 heavy (non-hydrogen) atoms. The molecule has 23 heteroatoms. The number of amides is 8. The molecule has 0 aliphatic carbocycles. The molecule has 13 N–H and O–H groups in total. The maximum atomic E-state index is 14.9. The van der Waals surface area contributed by atoms with E-state index in [-0.39, 0.29) is 50.5 Å². The summed E-state index contributed by atoms with van der Waals surface area (Å²) in [6.45, 7) is 14.6. The number of alkyl carbamates (subject to hydrolysis) is 1. The second kappa shape index (κ2) is 34.4. The van der Waals surface area contributed by atoms with E-state index < -0.39 is 125 Å². The lowest BCUT2D eigenvalue weighted by molar-refractivity contribution is -0.142. The fourth-order valence-electron chi connectivity index (χ4n) is 10.1. The van der Waals surface area contributed by atoms with Gasteiger partial charge in [0.1, 0.15) is 47.4 Å². The number of carbonyl (C=O) groups is 9. The fraction of sp³-hybridized carbons (Fsp3) is 0.412. The zero-order valence-electron chi connectivity index (χ0n) is 53.2. The third kappa shape index (κ3) is 24.0. The Morgan fingerprint density at radius 2 is 0.956 bits per heavy atom. The number of hydrogen-bond donors (Lipinski definition) is 11. The van der Waals surface area contributed by atoms with Crippen molar-refractivity contribution in [3.05, 3.63) is 179 Å². The largest absolute Gasteiger partial charge is 0.480 e. The predicted octanol–water partition coefficient (Wildman–Crippen LogP) is 4.79. The first kappa shape index (κ1) is 72.1. The van der Waals surface area contributed by atoms with E-state index in [1.165, 1.54) is 6.92 Å². The fourth-order valence-corrected chi connectivity index (χ4v) is 10.1. The molecule has 23 nitrogen and oxygen atoms in total. The number of aliphatic carboxylic acids is 1. The second-order valence-electron chi connectivity index (χ2n) is 24.5. The number of aliphatic imine (C=N–C) groups is 1. The average Bonchev–Trinajstić information content (AvgIpc) is 0.802. The van der Waals surface area contributed by atoms with E-state index in [0.717, 1.165) is 0 Å². The lowest BCUT2D eigenvalue weighted by atomic mass is 9.77. The van der Waals surface area contributed by atoms with Crippen LogP contribution in [0.3, 0.4) is 0 Å². The van der Waals surface area contributed by atoms with E-state index in [4.69, 9.17) is 20.9 Å². The highest BCUT2D eigenvalue weighted by Gasteiger charge is 2.41. The zero-order chi connectivity index (χ0) is 66.9. The number of guanidine groups is 1. The standard InChI is InChI=1S/C68H89N11O12/c1-43(2)38-51(60(84)74-50(36-25-37-71-64(69)70)59(83)76-54(63(87)88)40-46-28-17-11-18-29-46)73-56(81)42-72-58(82)52(39-45-26-15-10-16-27-45)75-62(86)57(44(3)90-66(4,5)6)78-61(85)53(77-65(89)91-67(7,8)9)41-55(80)79-68(47-30-19-12-20-31-47,48-32-21-13-22-33-48)49-34-23-14-24-35-49/h10-24,26-35,43-44,50-54,57H,25,36-42H2,1-9H3,(H,72,82)(H,73,81)(H,74,84)(H,75,86)(H,76,83)(H,77,89)(H,78,85)(H,79,80)(H,87,88)(H4,69,70,71)/t44-,50+,51+,52+,53+,54+,57+/m1/s1. The molecule has 0 radical (unpaired) electrons. The minimum absolute atomic E-state index is 0.0224. The molecule has 5 rings (SSSR count). The summed E-state index contributed by atoms with van der Waals surface area (Å²) < 4.78 is 11.8. The van der Waals surface area contributed by atoms with Crippen molar-refractivity contribution < 1.29 is 57.7 Å². The second-order valence-corrected chi connectivity index (χ2v) is 24.5. The molecule has 0 heterocycles. The Morgan fingerprint density at radius 3 is 1.42 bits per heavy atom. The highest BCUT2D eigenvalue weighted by molar-refractivity contribution is 5.98. The van der Waals surface area contributed by atoms with Crippen molar-refractivity contribution in [1.29, 1.82) is 0 Å². The van der Waals surface area contributed by atoms with Crippen LogP contribution < -0.4 is 54.0 Å². The molecule has 0 aliphatic heterocycles. The van der Waals surface area contributed by atoms with Gasteiger partial charge in [0.25, 0.3) is 0 Å². The molecule has 8 amide bonds. The molecule has 0 aliphatic rings. The first-order chi connectivity index (χ1) is 43.0. The molecule has 0 aromatic heterocycles. The van der Waals surface area contributed by atoms with Gasteiger partial charge in [-0.05, 0) is 101 Å². The van der Waals surface area contributed by atoms with Crippen molar-refractivity contribution >= 4 is 59.4 Å². The number of carboxylic acids is 1. The number of nitrogens with zero attached hydrogens (tertiary/aromatic N) is 1. The normalized spacial score (nSPS) is 13.8. The Labute approximate surface area is 532 Å². The Bertz CT molecular complexity index is 3130. The summed E-state index contributed by atoms with van der Waals surface area (Å²) in [4.78, 5) is 131. The molecule has 0 spiro atoms. The van der Waals surface area contributed by atoms with E-state index in [1.54, 1.807) is 116 Å². The average molecular weight is 1250 g/mol. The van der Waals surface area contributed by atoms with Crippen LogP contribution in [0.15, 0.2) is 157 Å². The van der Waals surface area contributed by atoms with Crippen LogP contribution in [-0.2, 0) is 66.2 Å². The number of rotatable bonds is 32. The van der Waals surface area contributed by atoms with Gasteiger partial charge in [-0.25, -0.2) is 9.59 Å². The molecular weight excluding hydrogens is 1160 g/mol. The molecule has 0 fully saturated rings. The summed E-state index contributed by atoms with van der Waals surface area (Å²) >= 11 is 0. The molecule has 0 saturated carbocycles. The molecule has 5 aromatic carbocycles. The Kier molecular flexibility index (Phi) is 27.2. The maximum Gasteiger partial charge on any atom is 0.408 e. The quantitative estimate of drug-likeness (QED) is 0.0119. The highest BCUT2D eigenvalue weighted by Crippen LogP contribution is 2.37. The van der Waals surface area contributed by atoms with E-state index in [1.807, 2.05) is 91.0 Å². The summed E-state index contributed by atoms with van der Waals surface area (Å²) in [5.41, 5.74) is 11.1. The number of hydrogen-bond acceptors (Lipinski definition) is 12. The summed E-state index contributed by atoms with van der Waals surface area (Å²) in [5, 5.41) is 31.7. The number of ether oxygens (including phenoxy) is 2. The Morgan fingerprint density at radius 1 is 0.505 bits per heavy atom. The molecule has 488 valence electrons. The monoisotopic (exact) mass is 1250 g/mol. The van der Waals surface area contributed by atoms with Crippen LogP contribution in [0, 0.1) is 5.92 Å². The smallest absolute Gasteiger partial charge is 0.408 e. The molecule has 5 aromatic rings. The number of benzene rings is 5. The van der Waals surface area contributed by atoms with Crippen molar-refractivity contribution in [2.45, 2.75) is 160 Å². The lowest BCUT2D eigenvalue weighted by Crippen LogP contribution is -2.62. The van der Waals surface area contributed by atoms with E-state index in [0.29, 0.717) is 27.8 Å². The summed E-state index contributed by atoms with van der Waals surface area (Å²) in [7, 11) is 0. The van der Waals surface area contributed by atoms with Gasteiger partial charge in [-0.3, -0.25) is 38.6 Å². The lowest BCUT2D eigenvalue weighted by Gasteiger charge is -2.37. The van der Waals surface area contributed by atoms with Crippen LogP contribution in [0.2, 0.25) is 0 Å².